The van der Waals surface area contributed by atoms with Crippen molar-refractivity contribution in [2.75, 3.05) is 6.54 Å². The maximum Gasteiger partial charge on any atom is 0.0544 e. The molecule has 0 aromatic carbocycles. The highest BCUT2D eigenvalue weighted by molar-refractivity contribution is 5.16. The average molecular weight is 245 g/mol. The van der Waals surface area contributed by atoms with E-state index < -0.39 is 0 Å². The number of hydrogen-bond acceptors (Lipinski definition) is 4. The molecule has 0 radical (unpaired) electrons. The number of aryl methyl sites for hydroxylation is 1. The second-order valence-corrected chi connectivity index (χ2v) is 4.19. The number of hydrogen-bond donors (Lipinski definition) is 1. The molecule has 0 saturated heterocycles. The van der Waals surface area contributed by atoms with E-state index in [9.17, 15) is 0 Å². The first-order valence-corrected chi connectivity index (χ1v) is 6.34. The molecule has 5 nitrogen and oxygen atoms in total. The molecular weight excluding hydrogens is 226 g/mol. The Morgan fingerprint density at radius 2 is 2.17 bits per heavy atom. The fourth-order valence-corrected chi connectivity index (χ4v) is 1.98. The smallest absolute Gasteiger partial charge is 0.0544 e. The van der Waals surface area contributed by atoms with Gasteiger partial charge in [0.05, 0.1) is 12.4 Å². The molecule has 0 aliphatic heterocycles. The van der Waals surface area contributed by atoms with Gasteiger partial charge in [0.15, 0.2) is 0 Å². The molecule has 0 saturated carbocycles. The maximum absolute atomic E-state index is 4.30. The predicted molar refractivity (Wildman–Crippen MR) is 70.1 cm³/mol. The van der Waals surface area contributed by atoms with Crippen LogP contribution in [0.15, 0.2) is 30.9 Å². The Labute approximate surface area is 107 Å². The van der Waals surface area contributed by atoms with Gasteiger partial charge in [0.2, 0.25) is 0 Å². The Morgan fingerprint density at radius 3 is 2.78 bits per heavy atom. The lowest BCUT2D eigenvalue weighted by Crippen LogP contribution is -2.23. The topological polar surface area (TPSA) is 55.6 Å². The van der Waals surface area contributed by atoms with Gasteiger partial charge in [-0.15, -0.1) is 0 Å². The maximum atomic E-state index is 4.30. The Morgan fingerprint density at radius 1 is 1.28 bits per heavy atom. The van der Waals surface area contributed by atoms with Gasteiger partial charge >= 0.3 is 0 Å². The summed E-state index contributed by atoms with van der Waals surface area (Å²) in [5.74, 6) is 0. The van der Waals surface area contributed by atoms with Crippen LogP contribution in [0.4, 0.5) is 0 Å². The van der Waals surface area contributed by atoms with E-state index in [2.05, 4.69) is 40.7 Å². The molecule has 1 atom stereocenters. The third-order valence-electron chi connectivity index (χ3n) is 2.91. The predicted octanol–water partition coefficient (Wildman–Crippen LogP) is 1.59. The molecule has 5 heteroatoms. The lowest BCUT2D eigenvalue weighted by atomic mass is 10.0. The van der Waals surface area contributed by atoms with Crippen molar-refractivity contribution in [2.45, 2.75) is 32.9 Å². The van der Waals surface area contributed by atoms with Crippen LogP contribution < -0.4 is 5.32 Å². The Hall–Kier alpha value is -1.75. The van der Waals surface area contributed by atoms with Crippen LogP contribution in [-0.2, 0) is 13.0 Å². The standard InChI is InChI=1S/C13H19N5/c1-3-14-13(12-5-6-15-16-9-12)7-11-8-17-18(4-2)10-11/h5-6,8-10,13-14H,3-4,7H2,1-2H3. The summed E-state index contributed by atoms with van der Waals surface area (Å²) in [4.78, 5) is 0. The van der Waals surface area contributed by atoms with E-state index in [-0.39, 0.29) is 6.04 Å². The molecule has 1 N–H and O–H groups in total. The summed E-state index contributed by atoms with van der Waals surface area (Å²) in [6.07, 6.45) is 8.49. The van der Waals surface area contributed by atoms with Gasteiger partial charge in [-0.25, -0.2) is 0 Å². The zero-order chi connectivity index (χ0) is 12.8. The third-order valence-corrected chi connectivity index (χ3v) is 2.91. The Kier molecular flexibility index (Phi) is 4.41. The van der Waals surface area contributed by atoms with Crippen LogP contribution in [0.5, 0.6) is 0 Å². The highest BCUT2D eigenvalue weighted by Crippen LogP contribution is 2.16. The largest absolute Gasteiger partial charge is 0.310 e. The molecule has 2 aromatic rings. The van der Waals surface area contributed by atoms with Crippen LogP contribution in [0.3, 0.4) is 0 Å². The van der Waals surface area contributed by atoms with Gasteiger partial charge in [-0.2, -0.15) is 15.3 Å². The Bertz CT molecular complexity index is 465. The first-order chi connectivity index (χ1) is 8.83. The van der Waals surface area contributed by atoms with Crippen molar-refractivity contribution in [1.29, 1.82) is 0 Å². The first-order valence-electron chi connectivity index (χ1n) is 6.34. The molecule has 96 valence electrons. The number of nitrogens with zero attached hydrogens (tertiary/aromatic N) is 4. The van der Waals surface area contributed by atoms with Crippen LogP contribution in [0.1, 0.15) is 31.0 Å². The second-order valence-electron chi connectivity index (χ2n) is 4.19. The van der Waals surface area contributed by atoms with Gasteiger partial charge in [0, 0.05) is 25.0 Å². The quantitative estimate of drug-likeness (QED) is 0.839. The summed E-state index contributed by atoms with van der Waals surface area (Å²) < 4.78 is 1.95. The number of aromatic nitrogens is 4. The van der Waals surface area contributed by atoms with Crippen LogP contribution >= 0.6 is 0 Å². The molecule has 0 amide bonds. The lowest BCUT2D eigenvalue weighted by molar-refractivity contribution is 0.546. The van der Waals surface area contributed by atoms with Crippen LogP contribution in [0, 0.1) is 0 Å². The molecule has 0 aliphatic rings. The summed E-state index contributed by atoms with van der Waals surface area (Å²) in [5, 5.41) is 15.5. The van der Waals surface area contributed by atoms with Gasteiger partial charge in [-0.05, 0) is 37.1 Å². The zero-order valence-electron chi connectivity index (χ0n) is 10.9. The minimum Gasteiger partial charge on any atom is -0.310 e. The lowest BCUT2D eigenvalue weighted by Gasteiger charge is -2.16. The van der Waals surface area contributed by atoms with Crippen molar-refractivity contribution in [1.82, 2.24) is 25.3 Å². The SMILES string of the molecule is CCNC(Cc1cnn(CC)c1)c1ccnnc1. The number of rotatable bonds is 6. The molecular formula is C13H19N5. The van der Waals surface area contributed by atoms with Crippen molar-refractivity contribution >= 4 is 0 Å². The fourth-order valence-electron chi connectivity index (χ4n) is 1.98. The van der Waals surface area contributed by atoms with E-state index in [1.165, 1.54) is 5.56 Å². The fraction of sp³-hybridized carbons (Fsp3) is 0.462. The Balaban J connectivity index is 2.11. The van der Waals surface area contributed by atoms with Crippen molar-refractivity contribution in [3.8, 4) is 0 Å². The van der Waals surface area contributed by atoms with Crippen molar-refractivity contribution < 1.29 is 0 Å². The number of likely N-dealkylation sites (N-methyl/N-ethyl adjacent to an activating group) is 1. The van der Waals surface area contributed by atoms with E-state index >= 15 is 0 Å². The summed E-state index contributed by atoms with van der Waals surface area (Å²) >= 11 is 0. The van der Waals surface area contributed by atoms with Crippen molar-refractivity contribution in [3.63, 3.8) is 0 Å². The number of nitrogens with one attached hydrogen (secondary N) is 1. The second kappa shape index (κ2) is 6.26. The van der Waals surface area contributed by atoms with E-state index in [1.54, 1.807) is 6.20 Å². The van der Waals surface area contributed by atoms with E-state index in [1.807, 2.05) is 23.1 Å². The minimum atomic E-state index is 0.264. The molecule has 18 heavy (non-hydrogen) atoms. The van der Waals surface area contributed by atoms with Gasteiger partial charge in [0.1, 0.15) is 0 Å². The van der Waals surface area contributed by atoms with E-state index in [4.69, 9.17) is 0 Å². The monoisotopic (exact) mass is 245 g/mol. The van der Waals surface area contributed by atoms with Crippen molar-refractivity contribution in [3.05, 3.63) is 42.0 Å². The van der Waals surface area contributed by atoms with Gasteiger partial charge in [-0.1, -0.05) is 6.92 Å². The third kappa shape index (κ3) is 3.13. The van der Waals surface area contributed by atoms with Crippen LogP contribution in [-0.4, -0.2) is 26.5 Å². The molecule has 2 heterocycles. The molecule has 2 rings (SSSR count). The molecule has 2 aromatic heterocycles. The van der Waals surface area contributed by atoms with Gasteiger partial charge in [0.25, 0.3) is 0 Å². The van der Waals surface area contributed by atoms with Gasteiger partial charge in [-0.3, -0.25) is 4.68 Å². The zero-order valence-corrected chi connectivity index (χ0v) is 10.9. The summed E-state index contributed by atoms with van der Waals surface area (Å²) in [6.45, 7) is 6.03. The molecule has 0 fully saturated rings. The highest BCUT2D eigenvalue weighted by atomic mass is 15.3. The molecule has 0 spiro atoms. The van der Waals surface area contributed by atoms with E-state index in [0.717, 1.165) is 25.1 Å². The highest BCUT2D eigenvalue weighted by Gasteiger charge is 2.12. The molecule has 0 aliphatic carbocycles. The minimum absolute atomic E-state index is 0.264. The summed E-state index contributed by atoms with van der Waals surface area (Å²) in [6, 6.07) is 2.27. The average Bonchev–Trinajstić information content (AvgIpc) is 2.87. The van der Waals surface area contributed by atoms with Crippen LogP contribution in [0.25, 0.3) is 0 Å². The van der Waals surface area contributed by atoms with Gasteiger partial charge < -0.3 is 5.32 Å². The summed E-state index contributed by atoms with van der Waals surface area (Å²) in [5.41, 5.74) is 2.40. The van der Waals surface area contributed by atoms with Crippen LogP contribution in [0.2, 0.25) is 0 Å². The molecule has 0 bridgehead atoms. The first kappa shape index (κ1) is 12.7. The molecule has 1 unspecified atom stereocenters. The normalized spacial score (nSPS) is 12.6. The van der Waals surface area contributed by atoms with E-state index in [0.29, 0.717) is 0 Å². The van der Waals surface area contributed by atoms with Crippen molar-refractivity contribution in [2.24, 2.45) is 0 Å². The summed E-state index contributed by atoms with van der Waals surface area (Å²) in [7, 11) is 0.